The van der Waals surface area contributed by atoms with Crippen LogP contribution in [0.5, 0.6) is 0 Å². The van der Waals surface area contributed by atoms with Crippen molar-refractivity contribution in [2.24, 2.45) is 0 Å². The molecule has 6 nitrogen and oxygen atoms in total. The van der Waals surface area contributed by atoms with Crippen molar-refractivity contribution in [1.29, 1.82) is 0 Å². The Balaban J connectivity index is 1.80. The lowest BCUT2D eigenvalue weighted by Crippen LogP contribution is -2.18. The Morgan fingerprint density at radius 1 is 1.08 bits per heavy atom. The van der Waals surface area contributed by atoms with Crippen LogP contribution < -0.4 is 5.32 Å². The highest BCUT2D eigenvalue weighted by molar-refractivity contribution is 6.02. The van der Waals surface area contributed by atoms with E-state index >= 15 is 0 Å². The third-order valence-electron chi connectivity index (χ3n) is 3.61. The van der Waals surface area contributed by atoms with Gasteiger partial charge in [-0.25, -0.2) is 22.2 Å². The Morgan fingerprint density at radius 3 is 2.31 bits per heavy atom. The van der Waals surface area contributed by atoms with E-state index < -0.39 is 34.9 Å². The van der Waals surface area contributed by atoms with Crippen LogP contribution in [0.4, 0.5) is 23.2 Å². The summed E-state index contributed by atoms with van der Waals surface area (Å²) in [4.78, 5) is 12.1. The number of benzene rings is 1. The summed E-state index contributed by atoms with van der Waals surface area (Å²) < 4.78 is 56.7. The van der Waals surface area contributed by atoms with E-state index in [0.717, 1.165) is 11.4 Å². The van der Waals surface area contributed by atoms with Crippen LogP contribution in [0, 0.1) is 37.1 Å². The molecule has 0 aliphatic heterocycles. The molecule has 136 valence electrons. The molecule has 0 unspecified atom stereocenters. The van der Waals surface area contributed by atoms with Crippen molar-refractivity contribution < 1.29 is 22.4 Å². The summed E-state index contributed by atoms with van der Waals surface area (Å²) in [6, 6.07) is 3.22. The van der Waals surface area contributed by atoms with Gasteiger partial charge in [-0.05, 0) is 26.0 Å². The summed E-state index contributed by atoms with van der Waals surface area (Å²) in [5.41, 5.74) is 0.297. The number of rotatable bonds is 4. The third kappa shape index (κ3) is 3.30. The Bertz CT molecular complexity index is 969. The van der Waals surface area contributed by atoms with Gasteiger partial charge in [0.25, 0.3) is 5.91 Å². The van der Waals surface area contributed by atoms with Crippen LogP contribution in [-0.2, 0) is 6.67 Å². The summed E-state index contributed by atoms with van der Waals surface area (Å²) >= 11 is 0. The second-order valence-corrected chi connectivity index (χ2v) is 5.61. The van der Waals surface area contributed by atoms with Crippen LogP contribution in [0.25, 0.3) is 0 Å². The molecule has 1 N–H and O–H groups in total. The monoisotopic (exact) mass is 367 g/mol. The van der Waals surface area contributed by atoms with Gasteiger partial charge in [-0.15, -0.1) is 0 Å². The lowest BCUT2D eigenvalue weighted by atomic mass is 10.2. The summed E-state index contributed by atoms with van der Waals surface area (Å²) in [6.45, 7) is 3.89. The van der Waals surface area contributed by atoms with Gasteiger partial charge in [0.05, 0.1) is 5.69 Å². The van der Waals surface area contributed by atoms with Gasteiger partial charge in [-0.2, -0.15) is 10.2 Å². The van der Waals surface area contributed by atoms with E-state index in [4.69, 9.17) is 0 Å². The molecule has 0 saturated carbocycles. The summed E-state index contributed by atoms with van der Waals surface area (Å²) in [5, 5.41) is 10.0. The maximum Gasteiger partial charge on any atom is 0.276 e. The highest BCUT2D eigenvalue weighted by Crippen LogP contribution is 2.24. The molecular weight excluding hydrogens is 354 g/mol. The zero-order valence-corrected chi connectivity index (χ0v) is 13.7. The van der Waals surface area contributed by atoms with Crippen LogP contribution >= 0.6 is 0 Å². The fourth-order valence-corrected chi connectivity index (χ4v) is 2.38. The number of hydrogen-bond acceptors (Lipinski definition) is 3. The molecule has 2 heterocycles. The minimum absolute atomic E-state index is 0.0590. The standard InChI is InChI=1S/C16H13F4N5O/c1-8-5-9(2)25(22-8)7-24-4-3-12(23-24)16(26)21-15-13(19)10(17)6-11(18)14(15)20/h3-6H,7H2,1-2H3,(H,21,26). The number of aryl methyl sites for hydroxylation is 2. The van der Waals surface area contributed by atoms with E-state index in [1.807, 2.05) is 19.9 Å². The first kappa shape index (κ1) is 17.6. The van der Waals surface area contributed by atoms with E-state index in [-0.39, 0.29) is 18.4 Å². The fraction of sp³-hybridized carbons (Fsp3) is 0.188. The number of anilines is 1. The van der Waals surface area contributed by atoms with Crippen molar-refractivity contribution in [1.82, 2.24) is 19.6 Å². The van der Waals surface area contributed by atoms with E-state index in [2.05, 4.69) is 10.2 Å². The van der Waals surface area contributed by atoms with Gasteiger partial charge in [0, 0.05) is 18.0 Å². The SMILES string of the molecule is Cc1cc(C)n(Cn2ccc(C(=O)Nc3c(F)c(F)cc(F)c3F)n2)n1. The quantitative estimate of drug-likeness (QED) is 0.570. The number of carbonyl (C=O) groups excluding carboxylic acids is 1. The predicted octanol–water partition coefficient (Wildman–Crippen LogP) is 3.01. The van der Waals surface area contributed by atoms with Crippen LogP contribution in [0.15, 0.2) is 24.4 Å². The van der Waals surface area contributed by atoms with Crippen molar-refractivity contribution in [3.63, 3.8) is 0 Å². The Kier molecular flexibility index (Phi) is 4.49. The molecule has 3 aromatic rings. The lowest BCUT2D eigenvalue weighted by Gasteiger charge is -2.08. The second-order valence-electron chi connectivity index (χ2n) is 5.61. The number of nitrogens with zero attached hydrogens (tertiary/aromatic N) is 4. The first-order valence-electron chi connectivity index (χ1n) is 7.45. The molecule has 0 bridgehead atoms. The van der Waals surface area contributed by atoms with Gasteiger partial charge in [-0.3, -0.25) is 9.48 Å². The molecule has 1 aromatic carbocycles. The summed E-state index contributed by atoms with van der Waals surface area (Å²) in [6.07, 6.45) is 1.46. The van der Waals surface area contributed by atoms with Crippen molar-refractivity contribution in [2.75, 3.05) is 5.32 Å². The molecule has 0 spiro atoms. The Morgan fingerprint density at radius 2 is 1.73 bits per heavy atom. The smallest absolute Gasteiger partial charge is 0.276 e. The number of halogens is 4. The largest absolute Gasteiger partial charge is 0.315 e. The molecule has 0 fully saturated rings. The van der Waals surface area contributed by atoms with Gasteiger partial charge >= 0.3 is 0 Å². The number of amides is 1. The van der Waals surface area contributed by atoms with Gasteiger partial charge in [0.1, 0.15) is 12.4 Å². The maximum absolute atomic E-state index is 13.6. The first-order valence-corrected chi connectivity index (χ1v) is 7.45. The molecule has 0 saturated heterocycles. The Labute approximate surface area is 145 Å². The first-order chi connectivity index (χ1) is 12.3. The molecule has 2 aromatic heterocycles. The zero-order valence-electron chi connectivity index (χ0n) is 13.7. The topological polar surface area (TPSA) is 64.7 Å². The van der Waals surface area contributed by atoms with E-state index in [1.54, 1.807) is 10.00 Å². The van der Waals surface area contributed by atoms with Crippen LogP contribution in [-0.4, -0.2) is 25.5 Å². The zero-order chi connectivity index (χ0) is 19.0. The molecule has 1 amide bonds. The number of aromatic nitrogens is 4. The summed E-state index contributed by atoms with van der Waals surface area (Å²) in [5.74, 6) is -7.64. The molecule has 0 radical (unpaired) electrons. The van der Waals surface area contributed by atoms with Crippen LogP contribution in [0.3, 0.4) is 0 Å². The van der Waals surface area contributed by atoms with E-state index in [9.17, 15) is 22.4 Å². The molecule has 0 aliphatic carbocycles. The average Bonchev–Trinajstić information content (AvgIpc) is 3.16. The van der Waals surface area contributed by atoms with Gasteiger partial charge in [0.2, 0.25) is 0 Å². The van der Waals surface area contributed by atoms with Crippen molar-refractivity contribution >= 4 is 11.6 Å². The number of nitrogens with one attached hydrogen (secondary N) is 1. The highest BCUT2D eigenvalue weighted by Gasteiger charge is 2.22. The number of carbonyl (C=O) groups is 1. The van der Waals surface area contributed by atoms with Gasteiger partial charge in [-0.1, -0.05) is 0 Å². The minimum Gasteiger partial charge on any atom is -0.315 e. The van der Waals surface area contributed by atoms with Gasteiger partial charge < -0.3 is 5.32 Å². The highest BCUT2D eigenvalue weighted by atomic mass is 19.2. The Hall–Kier alpha value is -3.17. The molecule has 3 rings (SSSR count). The number of hydrogen-bond donors (Lipinski definition) is 1. The molecule has 0 atom stereocenters. The summed E-state index contributed by atoms with van der Waals surface area (Å²) in [7, 11) is 0. The van der Waals surface area contributed by atoms with Crippen molar-refractivity contribution in [3.05, 3.63) is 64.7 Å². The predicted molar refractivity (Wildman–Crippen MR) is 83.6 cm³/mol. The normalized spacial score (nSPS) is 11.0. The second kappa shape index (κ2) is 6.62. The average molecular weight is 367 g/mol. The fourth-order valence-electron chi connectivity index (χ4n) is 2.38. The molecular formula is C16H13F4N5O. The van der Waals surface area contributed by atoms with Crippen LogP contribution in [0.1, 0.15) is 21.9 Å². The molecule has 26 heavy (non-hydrogen) atoms. The van der Waals surface area contributed by atoms with Gasteiger partial charge in [0.15, 0.2) is 29.0 Å². The minimum atomic E-state index is -1.70. The van der Waals surface area contributed by atoms with E-state index in [0.29, 0.717) is 0 Å². The van der Waals surface area contributed by atoms with Crippen molar-refractivity contribution in [2.45, 2.75) is 20.5 Å². The maximum atomic E-state index is 13.6. The third-order valence-corrected chi connectivity index (χ3v) is 3.61. The lowest BCUT2D eigenvalue weighted by molar-refractivity contribution is 0.102. The van der Waals surface area contributed by atoms with Crippen LogP contribution in [0.2, 0.25) is 0 Å². The van der Waals surface area contributed by atoms with E-state index in [1.165, 1.54) is 16.9 Å². The molecule has 10 heteroatoms. The molecule has 0 aliphatic rings. The van der Waals surface area contributed by atoms with Crippen molar-refractivity contribution in [3.8, 4) is 0 Å².